The maximum Gasteiger partial charge on any atom is 0.160 e. The Morgan fingerprint density at radius 3 is 2.89 bits per heavy atom. The number of aliphatic imine (C=N–C) groups is 1. The molecule has 4 rings (SSSR count). The Morgan fingerprint density at radius 1 is 1.36 bits per heavy atom. The van der Waals surface area contributed by atoms with E-state index in [9.17, 15) is 5.11 Å². The lowest BCUT2D eigenvalue weighted by Crippen LogP contribution is -2.44. The molecule has 2 bridgehead atoms. The highest BCUT2D eigenvalue weighted by Gasteiger charge is 2.47. The Kier molecular flexibility index (Phi) is 4.50. The van der Waals surface area contributed by atoms with Crippen molar-refractivity contribution < 1.29 is 9.84 Å². The molecule has 4 heteroatoms. The summed E-state index contributed by atoms with van der Waals surface area (Å²) < 4.78 is 5.14. The van der Waals surface area contributed by atoms with Crippen LogP contribution in [0.3, 0.4) is 0 Å². The van der Waals surface area contributed by atoms with Gasteiger partial charge in [-0.05, 0) is 55.7 Å². The minimum atomic E-state index is -0.425. The van der Waals surface area contributed by atoms with E-state index in [1.54, 1.807) is 19.2 Å². The second kappa shape index (κ2) is 6.86. The zero-order valence-corrected chi connectivity index (χ0v) is 16.6. The summed E-state index contributed by atoms with van der Waals surface area (Å²) in [4.78, 5) is 5.15. The standard InChI is InChI=1S/C24H26N2O2/c1-5-19-18-10-15(2)13-24(19,20-8-6-16(3)26-21(20)12-18)25-14-17-7-9-23(28-4)22(27)11-17/h5-11,14,18,26-27H,3,12-13H2,1-2,4H3/b19-5+,25-14?. The SMILES string of the molecule is C=C1C=CC2=C(CC3C=C(C)CC2(N=Cc2ccc(OC)c(O)c2)/C3=C/C)N1. The van der Waals surface area contributed by atoms with Crippen molar-refractivity contribution in [2.75, 3.05) is 7.11 Å². The van der Waals surface area contributed by atoms with E-state index in [2.05, 4.69) is 44.0 Å². The van der Waals surface area contributed by atoms with E-state index in [0.29, 0.717) is 11.7 Å². The molecule has 2 N–H and O–H groups in total. The first-order valence-corrected chi connectivity index (χ1v) is 9.60. The van der Waals surface area contributed by atoms with Crippen LogP contribution < -0.4 is 10.1 Å². The minimum absolute atomic E-state index is 0.117. The van der Waals surface area contributed by atoms with Gasteiger partial charge in [0.15, 0.2) is 11.5 Å². The van der Waals surface area contributed by atoms with Crippen molar-refractivity contribution in [2.45, 2.75) is 32.2 Å². The number of rotatable bonds is 3. The smallest absolute Gasteiger partial charge is 0.160 e. The van der Waals surface area contributed by atoms with Crippen molar-refractivity contribution in [2.24, 2.45) is 10.9 Å². The molecule has 0 spiro atoms. The van der Waals surface area contributed by atoms with Crippen LogP contribution >= 0.6 is 0 Å². The van der Waals surface area contributed by atoms with Crippen molar-refractivity contribution in [1.82, 2.24) is 5.32 Å². The molecule has 1 aromatic carbocycles. The van der Waals surface area contributed by atoms with Crippen molar-refractivity contribution in [3.63, 3.8) is 0 Å². The Labute approximate surface area is 166 Å². The van der Waals surface area contributed by atoms with E-state index in [1.165, 1.54) is 22.4 Å². The van der Waals surface area contributed by atoms with Crippen LogP contribution in [0.1, 0.15) is 32.3 Å². The van der Waals surface area contributed by atoms with Gasteiger partial charge in [0.2, 0.25) is 0 Å². The van der Waals surface area contributed by atoms with Crippen molar-refractivity contribution >= 4 is 6.21 Å². The molecule has 0 fully saturated rings. The molecule has 4 nitrogen and oxygen atoms in total. The molecule has 1 heterocycles. The van der Waals surface area contributed by atoms with E-state index in [0.717, 1.165) is 24.1 Å². The van der Waals surface area contributed by atoms with Gasteiger partial charge in [0, 0.05) is 35.5 Å². The minimum Gasteiger partial charge on any atom is -0.504 e. The molecule has 144 valence electrons. The predicted molar refractivity (Wildman–Crippen MR) is 114 cm³/mol. The maximum absolute atomic E-state index is 10.1. The molecular weight excluding hydrogens is 348 g/mol. The van der Waals surface area contributed by atoms with Crippen molar-refractivity contribution in [3.05, 3.63) is 82.8 Å². The fraction of sp³-hybridized carbons (Fsp3) is 0.292. The Bertz CT molecular complexity index is 994. The first-order valence-electron chi connectivity index (χ1n) is 9.60. The molecule has 0 amide bonds. The lowest BCUT2D eigenvalue weighted by atomic mass is 9.62. The van der Waals surface area contributed by atoms with Crippen molar-refractivity contribution in [3.8, 4) is 11.5 Å². The number of allylic oxidation sites excluding steroid dienone is 4. The number of fused-ring (bicyclic) bond motifs is 3. The Balaban J connectivity index is 1.83. The summed E-state index contributed by atoms with van der Waals surface area (Å²) >= 11 is 0. The summed E-state index contributed by atoms with van der Waals surface area (Å²) in [6.45, 7) is 8.35. The van der Waals surface area contributed by atoms with Crippen LogP contribution in [0.4, 0.5) is 0 Å². The number of phenolic OH excluding ortho intramolecular Hbond substituents is 1. The zero-order valence-electron chi connectivity index (χ0n) is 16.6. The number of methoxy groups -OCH3 is 1. The number of hydrogen-bond acceptors (Lipinski definition) is 4. The summed E-state index contributed by atoms with van der Waals surface area (Å²) in [5.41, 5.74) is 6.45. The topological polar surface area (TPSA) is 53.9 Å². The van der Waals surface area contributed by atoms with Crippen LogP contribution in [0.5, 0.6) is 11.5 Å². The molecule has 28 heavy (non-hydrogen) atoms. The summed E-state index contributed by atoms with van der Waals surface area (Å²) in [5.74, 6) is 0.916. The van der Waals surface area contributed by atoms with Crippen molar-refractivity contribution in [1.29, 1.82) is 0 Å². The summed E-state index contributed by atoms with van der Waals surface area (Å²) in [6, 6.07) is 5.36. The quantitative estimate of drug-likeness (QED) is 0.590. The van der Waals surface area contributed by atoms with Gasteiger partial charge in [-0.25, -0.2) is 0 Å². The van der Waals surface area contributed by atoms with Gasteiger partial charge in [0.1, 0.15) is 5.54 Å². The van der Waals surface area contributed by atoms with Crippen LogP contribution in [-0.4, -0.2) is 24.0 Å². The molecule has 1 aromatic rings. The fourth-order valence-corrected chi connectivity index (χ4v) is 4.69. The van der Waals surface area contributed by atoms with Gasteiger partial charge in [-0.2, -0.15) is 0 Å². The van der Waals surface area contributed by atoms with E-state index < -0.39 is 5.54 Å². The summed E-state index contributed by atoms with van der Waals surface area (Å²) in [7, 11) is 1.55. The van der Waals surface area contributed by atoms with Gasteiger partial charge in [0.25, 0.3) is 0 Å². The normalized spacial score (nSPS) is 27.7. The van der Waals surface area contributed by atoms with Gasteiger partial charge in [-0.1, -0.05) is 30.4 Å². The van der Waals surface area contributed by atoms with E-state index in [1.807, 2.05) is 18.4 Å². The maximum atomic E-state index is 10.1. The highest BCUT2D eigenvalue weighted by atomic mass is 16.5. The first-order chi connectivity index (χ1) is 13.5. The molecule has 0 saturated carbocycles. The van der Waals surface area contributed by atoms with Gasteiger partial charge in [0.05, 0.1) is 7.11 Å². The second-order valence-electron chi connectivity index (χ2n) is 7.67. The summed E-state index contributed by atoms with van der Waals surface area (Å²) in [6.07, 6.45) is 12.4. The van der Waals surface area contributed by atoms with Gasteiger partial charge in [-0.3, -0.25) is 4.99 Å². The highest BCUT2D eigenvalue weighted by molar-refractivity contribution is 5.82. The molecule has 3 aliphatic rings. The number of nitrogens with zero attached hydrogens (tertiary/aromatic N) is 1. The fourth-order valence-electron chi connectivity index (χ4n) is 4.69. The monoisotopic (exact) mass is 374 g/mol. The molecule has 2 unspecified atom stereocenters. The second-order valence-corrected chi connectivity index (χ2v) is 7.67. The number of ether oxygens (including phenoxy) is 1. The van der Waals surface area contributed by atoms with Crippen LogP contribution in [0, 0.1) is 5.92 Å². The molecule has 0 saturated heterocycles. The number of benzene rings is 1. The van der Waals surface area contributed by atoms with Gasteiger partial charge < -0.3 is 15.2 Å². The average Bonchev–Trinajstić information content (AvgIpc) is 2.65. The molecule has 2 atom stereocenters. The lowest BCUT2D eigenvalue weighted by molar-refractivity contribution is 0.373. The lowest BCUT2D eigenvalue weighted by Gasteiger charge is -2.47. The van der Waals surface area contributed by atoms with E-state index in [-0.39, 0.29) is 5.75 Å². The Morgan fingerprint density at radius 2 is 2.18 bits per heavy atom. The average molecular weight is 374 g/mol. The molecule has 0 radical (unpaired) electrons. The van der Waals surface area contributed by atoms with E-state index >= 15 is 0 Å². The third-order valence-electron chi connectivity index (χ3n) is 5.80. The molecule has 2 aliphatic carbocycles. The number of aromatic hydroxyl groups is 1. The predicted octanol–water partition coefficient (Wildman–Crippen LogP) is 4.80. The molecule has 0 aromatic heterocycles. The number of nitrogens with one attached hydrogen (secondary N) is 1. The van der Waals surface area contributed by atoms with Crippen LogP contribution in [0.25, 0.3) is 0 Å². The van der Waals surface area contributed by atoms with Crippen LogP contribution in [0.15, 0.2) is 82.2 Å². The largest absolute Gasteiger partial charge is 0.504 e. The van der Waals surface area contributed by atoms with Gasteiger partial charge >= 0.3 is 0 Å². The van der Waals surface area contributed by atoms with E-state index in [4.69, 9.17) is 9.73 Å². The third-order valence-corrected chi connectivity index (χ3v) is 5.80. The van der Waals surface area contributed by atoms with Gasteiger partial charge in [-0.15, -0.1) is 0 Å². The number of hydrogen-bond donors (Lipinski definition) is 2. The number of phenols is 1. The van der Waals surface area contributed by atoms with Crippen LogP contribution in [0.2, 0.25) is 0 Å². The molecular formula is C24H26N2O2. The third kappa shape index (κ3) is 2.89. The number of dihydropyridines is 1. The zero-order chi connectivity index (χ0) is 19.9. The molecule has 1 aliphatic heterocycles. The Hall–Kier alpha value is -3.01. The first kappa shape index (κ1) is 18.4. The highest BCUT2D eigenvalue weighted by Crippen LogP contribution is 2.52. The summed E-state index contributed by atoms with van der Waals surface area (Å²) in [5, 5.41) is 13.6. The van der Waals surface area contributed by atoms with Crippen LogP contribution in [-0.2, 0) is 0 Å².